The van der Waals surface area contributed by atoms with Crippen LogP contribution in [-0.4, -0.2) is 7.11 Å². The van der Waals surface area contributed by atoms with Crippen LogP contribution in [0.1, 0.15) is 24.5 Å². The van der Waals surface area contributed by atoms with Crippen molar-refractivity contribution in [2.45, 2.75) is 25.6 Å². The summed E-state index contributed by atoms with van der Waals surface area (Å²) in [6.07, 6.45) is 2.68. The van der Waals surface area contributed by atoms with E-state index in [1.807, 2.05) is 24.3 Å². The molecule has 0 saturated carbocycles. The third-order valence-electron chi connectivity index (χ3n) is 4.76. The van der Waals surface area contributed by atoms with E-state index in [9.17, 15) is 0 Å². The lowest BCUT2D eigenvalue weighted by molar-refractivity contribution is 0.0258. The van der Waals surface area contributed by atoms with Crippen molar-refractivity contribution in [3.05, 3.63) is 90.5 Å². The first kappa shape index (κ1) is 17.2. The molecule has 0 aliphatic carbocycles. The van der Waals surface area contributed by atoms with Crippen LogP contribution in [0.4, 0.5) is 0 Å². The Labute approximate surface area is 149 Å². The summed E-state index contributed by atoms with van der Waals surface area (Å²) in [7, 11) is 1.72. The van der Waals surface area contributed by atoms with Crippen LogP contribution < -0.4 is 4.74 Å². The molecule has 0 radical (unpaired) electrons. The molecule has 0 spiro atoms. The van der Waals surface area contributed by atoms with Gasteiger partial charge in [0.1, 0.15) is 18.0 Å². The van der Waals surface area contributed by atoms with Gasteiger partial charge < -0.3 is 9.47 Å². The average molecular weight is 332 g/mol. The molecule has 0 heterocycles. The highest BCUT2D eigenvalue weighted by Crippen LogP contribution is 2.32. The van der Waals surface area contributed by atoms with E-state index in [4.69, 9.17) is 9.47 Å². The second-order valence-electron chi connectivity index (χ2n) is 6.15. The van der Waals surface area contributed by atoms with E-state index < -0.39 is 5.60 Å². The number of benzene rings is 3. The number of methoxy groups -OCH3 is 1. The van der Waals surface area contributed by atoms with Crippen molar-refractivity contribution in [1.82, 2.24) is 0 Å². The fourth-order valence-electron chi connectivity index (χ4n) is 3.16. The monoisotopic (exact) mass is 332 g/mol. The Morgan fingerprint density at radius 2 is 1.76 bits per heavy atom. The van der Waals surface area contributed by atoms with Crippen LogP contribution in [0, 0.1) is 0 Å². The Kier molecular flexibility index (Phi) is 5.20. The Morgan fingerprint density at radius 3 is 2.48 bits per heavy atom. The molecule has 0 bridgehead atoms. The van der Waals surface area contributed by atoms with E-state index in [1.165, 1.54) is 10.8 Å². The van der Waals surface area contributed by atoms with Gasteiger partial charge in [0.25, 0.3) is 0 Å². The molecule has 0 saturated heterocycles. The van der Waals surface area contributed by atoms with Gasteiger partial charge in [-0.15, -0.1) is 0 Å². The van der Waals surface area contributed by atoms with Gasteiger partial charge in [0.2, 0.25) is 0 Å². The molecule has 1 unspecified atom stereocenters. The van der Waals surface area contributed by atoms with Crippen LogP contribution in [0.2, 0.25) is 0 Å². The lowest BCUT2D eigenvalue weighted by atomic mass is 9.91. The number of ether oxygens (including phenoxy) is 2. The second-order valence-corrected chi connectivity index (χ2v) is 6.15. The van der Waals surface area contributed by atoms with E-state index in [0.29, 0.717) is 6.61 Å². The Bertz CT molecular complexity index is 863. The van der Waals surface area contributed by atoms with Gasteiger partial charge in [-0.3, -0.25) is 0 Å². The molecule has 25 heavy (non-hydrogen) atoms. The molecule has 0 aliphatic rings. The molecule has 2 heteroatoms. The van der Waals surface area contributed by atoms with Crippen molar-refractivity contribution in [2.75, 3.05) is 7.11 Å². The van der Waals surface area contributed by atoms with Gasteiger partial charge in [-0.2, -0.15) is 0 Å². The first-order chi connectivity index (χ1) is 12.2. The summed E-state index contributed by atoms with van der Waals surface area (Å²) >= 11 is 0. The molecule has 3 aromatic carbocycles. The largest absolute Gasteiger partial charge is 0.489 e. The van der Waals surface area contributed by atoms with Gasteiger partial charge >= 0.3 is 0 Å². The standard InChI is InChI=1S/C23H24O2/c1-4-23(5-2,24-3)21-11-8-12-22(16-21)25-17-18-13-14-19-9-6-7-10-20(19)15-18/h4,6-16H,1,5,17H2,2-3H3. The molecular weight excluding hydrogens is 308 g/mol. The molecule has 0 fully saturated rings. The molecule has 2 nitrogen and oxygen atoms in total. The second kappa shape index (κ2) is 7.54. The minimum absolute atomic E-state index is 0.470. The van der Waals surface area contributed by atoms with Crippen molar-refractivity contribution in [3.8, 4) is 5.75 Å². The summed E-state index contributed by atoms with van der Waals surface area (Å²) in [6.45, 7) is 6.56. The van der Waals surface area contributed by atoms with E-state index >= 15 is 0 Å². The Hall–Kier alpha value is -2.58. The van der Waals surface area contributed by atoms with Crippen LogP contribution in [0.3, 0.4) is 0 Å². The molecule has 0 N–H and O–H groups in total. The highest BCUT2D eigenvalue weighted by molar-refractivity contribution is 5.82. The van der Waals surface area contributed by atoms with E-state index in [-0.39, 0.29) is 0 Å². The average Bonchev–Trinajstić information content (AvgIpc) is 2.68. The van der Waals surface area contributed by atoms with Gasteiger partial charge in [-0.25, -0.2) is 0 Å². The predicted molar refractivity (Wildman–Crippen MR) is 104 cm³/mol. The van der Waals surface area contributed by atoms with Crippen molar-refractivity contribution < 1.29 is 9.47 Å². The van der Waals surface area contributed by atoms with E-state index in [2.05, 4.69) is 62.0 Å². The molecule has 0 aromatic heterocycles. The zero-order valence-corrected chi connectivity index (χ0v) is 14.9. The maximum absolute atomic E-state index is 6.02. The van der Waals surface area contributed by atoms with Gasteiger partial charge in [-0.05, 0) is 46.5 Å². The van der Waals surface area contributed by atoms with Crippen LogP contribution in [0.5, 0.6) is 5.75 Å². The Morgan fingerprint density at radius 1 is 0.960 bits per heavy atom. The van der Waals surface area contributed by atoms with Gasteiger partial charge in [-0.1, -0.05) is 68.1 Å². The summed E-state index contributed by atoms with van der Waals surface area (Å²) in [5, 5.41) is 2.47. The third kappa shape index (κ3) is 3.59. The maximum Gasteiger partial charge on any atom is 0.120 e. The highest BCUT2D eigenvalue weighted by Gasteiger charge is 2.26. The molecule has 128 valence electrons. The SMILES string of the molecule is C=CC(CC)(OC)c1cccc(OCc2ccc3ccccc3c2)c1. The fraction of sp³-hybridized carbons (Fsp3) is 0.217. The van der Waals surface area contributed by atoms with E-state index in [1.54, 1.807) is 7.11 Å². The summed E-state index contributed by atoms with van der Waals surface area (Å²) in [5.41, 5.74) is 1.74. The lowest BCUT2D eigenvalue weighted by Gasteiger charge is -2.28. The van der Waals surface area contributed by atoms with E-state index in [0.717, 1.165) is 23.3 Å². The molecule has 0 aliphatic heterocycles. The number of hydrogen-bond acceptors (Lipinski definition) is 2. The van der Waals surface area contributed by atoms with Crippen molar-refractivity contribution in [1.29, 1.82) is 0 Å². The van der Waals surface area contributed by atoms with Gasteiger partial charge in [0, 0.05) is 7.11 Å². The summed E-state index contributed by atoms with van der Waals surface area (Å²) in [4.78, 5) is 0. The van der Waals surface area contributed by atoms with Crippen molar-refractivity contribution in [3.63, 3.8) is 0 Å². The quantitative estimate of drug-likeness (QED) is 0.505. The molecule has 0 amide bonds. The molecule has 3 aromatic rings. The lowest BCUT2D eigenvalue weighted by Crippen LogP contribution is -2.24. The summed E-state index contributed by atoms with van der Waals surface area (Å²) < 4.78 is 11.7. The summed E-state index contributed by atoms with van der Waals surface area (Å²) in [6, 6.07) is 22.8. The minimum atomic E-state index is -0.470. The normalized spacial score (nSPS) is 13.4. The third-order valence-corrected chi connectivity index (χ3v) is 4.76. The first-order valence-electron chi connectivity index (χ1n) is 8.60. The molecule has 1 atom stereocenters. The Balaban J connectivity index is 1.78. The van der Waals surface area contributed by atoms with Crippen LogP contribution in [0.15, 0.2) is 79.4 Å². The highest BCUT2D eigenvalue weighted by atomic mass is 16.5. The number of fused-ring (bicyclic) bond motifs is 1. The molecule has 3 rings (SSSR count). The fourth-order valence-corrected chi connectivity index (χ4v) is 3.16. The maximum atomic E-state index is 6.02. The predicted octanol–water partition coefficient (Wildman–Crippen LogP) is 5.86. The zero-order valence-electron chi connectivity index (χ0n) is 14.9. The first-order valence-corrected chi connectivity index (χ1v) is 8.60. The molecular formula is C23H24O2. The van der Waals surface area contributed by atoms with Gasteiger partial charge in [0.15, 0.2) is 0 Å². The van der Waals surface area contributed by atoms with Crippen molar-refractivity contribution in [2.24, 2.45) is 0 Å². The van der Waals surface area contributed by atoms with Crippen molar-refractivity contribution >= 4 is 10.8 Å². The van der Waals surface area contributed by atoms with Crippen LogP contribution in [-0.2, 0) is 16.9 Å². The van der Waals surface area contributed by atoms with Crippen LogP contribution in [0.25, 0.3) is 10.8 Å². The summed E-state index contributed by atoms with van der Waals surface area (Å²) in [5.74, 6) is 0.836. The topological polar surface area (TPSA) is 18.5 Å². The van der Waals surface area contributed by atoms with Crippen LogP contribution >= 0.6 is 0 Å². The number of hydrogen-bond donors (Lipinski definition) is 0. The zero-order chi connectivity index (χ0) is 17.7. The van der Waals surface area contributed by atoms with Gasteiger partial charge in [0.05, 0.1) is 0 Å². The smallest absolute Gasteiger partial charge is 0.120 e. The number of rotatable bonds is 7. The minimum Gasteiger partial charge on any atom is -0.489 e.